The molecule has 3 nitrogen and oxygen atoms in total. The molecule has 0 aliphatic rings. The molecule has 0 aliphatic heterocycles. The molecule has 3 rings (SSSR count). The summed E-state index contributed by atoms with van der Waals surface area (Å²) >= 11 is 5.83. The molecule has 3 aromatic rings. The molecule has 0 unspecified atom stereocenters. The minimum atomic E-state index is 0.00937. The molecule has 1 aromatic heterocycles. The van der Waals surface area contributed by atoms with E-state index in [1.807, 2.05) is 36.4 Å². The number of hydrogen-bond acceptors (Lipinski definition) is 2. The number of carbonyl (C=O) groups excluding carboxylic acids is 1. The van der Waals surface area contributed by atoms with Crippen molar-refractivity contribution in [3.05, 3.63) is 70.9 Å². The number of amides is 1. The van der Waals surface area contributed by atoms with E-state index in [0.29, 0.717) is 18.0 Å². The van der Waals surface area contributed by atoms with Crippen molar-refractivity contribution in [3.8, 4) is 0 Å². The molecule has 4 heteroatoms. The fourth-order valence-corrected chi connectivity index (χ4v) is 2.54. The van der Waals surface area contributed by atoms with Crippen LogP contribution in [0.5, 0.6) is 0 Å². The highest BCUT2D eigenvalue weighted by Crippen LogP contribution is 2.20. The van der Waals surface area contributed by atoms with Crippen LogP contribution in [0.2, 0.25) is 5.02 Å². The quantitative estimate of drug-likeness (QED) is 0.774. The zero-order valence-corrected chi connectivity index (χ0v) is 12.8. The molecule has 0 saturated carbocycles. The highest BCUT2D eigenvalue weighted by atomic mass is 35.5. The van der Waals surface area contributed by atoms with Gasteiger partial charge in [-0.25, -0.2) is 0 Å². The molecule has 1 N–H and O–H groups in total. The second-order valence-electron chi connectivity index (χ2n) is 5.16. The van der Waals surface area contributed by atoms with Crippen molar-refractivity contribution in [1.82, 2.24) is 5.32 Å². The van der Waals surface area contributed by atoms with Crippen LogP contribution in [-0.2, 0) is 17.6 Å². The van der Waals surface area contributed by atoms with E-state index in [9.17, 15) is 4.79 Å². The van der Waals surface area contributed by atoms with E-state index < -0.39 is 0 Å². The smallest absolute Gasteiger partial charge is 0.224 e. The first kappa shape index (κ1) is 14.7. The molecule has 22 heavy (non-hydrogen) atoms. The minimum Gasteiger partial charge on any atom is -0.464 e. The summed E-state index contributed by atoms with van der Waals surface area (Å²) in [5, 5.41) is 4.72. The fraction of sp³-hybridized carbons (Fsp3) is 0.167. The third kappa shape index (κ3) is 3.49. The lowest BCUT2D eigenvalue weighted by molar-refractivity contribution is -0.120. The number of para-hydroxylation sites is 1. The molecular weight excluding hydrogens is 298 g/mol. The largest absolute Gasteiger partial charge is 0.464 e. The molecule has 0 atom stereocenters. The van der Waals surface area contributed by atoms with Crippen LogP contribution in [0.3, 0.4) is 0 Å². The van der Waals surface area contributed by atoms with Gasteiger partial charge in [-0.05, 0) is 35.7 Å². The summed E-state index contributed by atoms with van der Waals surface area (Å²) < 4.78 is 5.49. The van der Waals surface area contributed by atoms with Gasteiger partial charge in [0.2, 0.25) is 5.91 Å². The van der Waals surface area contributed by atoms with E-state index in [2.05, 4.69) is 5.32 Å². The molecule has 0 aliphatic carbocycles. The SMILES string of the molecule is O=C(Cc1ccc(Cl)cc1)NCCc1coc2ccccc12. The van der Waals surface area contributed by atoms with Crippen LogP contribution in [0.25, 0.3) is 11.0 Å². The van der Waals surface area contributed by atoms with Crippen LogP contribution in [0, 0.1) is 0 Å². The van der Waals surface area contributed by atoms with Crippen molar-refractivity contribution in [3.63, 3.8) is 0 Å². The van der Waals surface area contributed by atoms with Gasteiger partial charge in [0.25, 0.3) is 0 Å². The summed E-state index contributed by atoms with van der Waals surface area (Å²) in [5.41, 5.74) is 2.95. The first-order chi connectivity index (χ1) is 10.7. The minimum absolute atomic E-state index is 0.00937. The molecule has 2 aromatic carbocycles. The summed E-state index contributed by atoms with van der Waals surface area (Å²) in [6.45, 7) is 0.593. The van der Waals surface area contributed by atoms with Crippen LogP contribution in [0.1, 0.15) is 11.1 Å². The molecule has 0 fully saturated rings. The highest BCUT2D eigenvalue weighted by Gasteiger charge is 2.06. The van der Waals surface area contributed by atoms with Crippen molar-refractivity contribution >= 4 is 28.5 Å². The maximum Gasteiger partial charge on any atom is 0.224 e. The highest BCUT2D eigenvalue weighted by molar-refractivity contribution is 6.30. The zero-order chi connectivity index (χ0) is 15.4. The maximum absolute atomic E-state index is 11.9. The summed E-state index contributed by atoms with van der Waals surface area (Å²) in [6, 6.07) is 15.2. The normalized spacial score (nSPS) is 10.8. The van der Waals surface area contributed by atoms with E-state index in [-0.39, 0.29) is 5.91 Å². The summed E-state index contributed by atoms with van der Waals surface area (Å²) in [6.07, 6.45) is 2.88. The van der Waals surface area contributed by atoms with Gasteiger partial charge in [-0.3, -0.25) is 4.79 Å². The van der Waals surface area contributed by atoms with Gasteiger partial charge in [-0.15, -0.1) is 0 Å². The van der Waals surface area contributed by atoms with E-state index >= 15 is 0 Å². The van der Waals surface area contributed by atoms with Crippen molar-refractivity contribution in [2.75, 3.05) is 6.54 Å². The Morgan fingerprint density at radius 1 is 1.09 bits per heavy atom. The van der Waals surface area contributed by atoms with Crippen LogP contribution in [-0.4, -0.2) is 12.5 Å². The number of halogens is 1. The molecule has 1 amide bonds. The van der Waals surface area contributed by atoms with Gasteiger partial charge >= 0.3 is 0 Å². The number of carbonyl (C=O) groups is 1. The lowest BCUT2D eigenvalue weighted by Crippen LogP contribution is -2.27. The summed E-state index contributed by atoms with van der Waals surface area (Å²) in [5.74, 6) is 0.00937. The van der Waals surface area contributed by atoms with Gasteiger partial charge in [0.15, 0.2) is 0 Å². The average molecular weight is 314 g/mol. The predicted molar refractivity (Wildman–Crippen MR) is 88.1 cm³/mol. The zero-order valence-electron chi connectivity index (χ0n) is 12.0. The van der Waals surface area contributed by atoms with Gasteiger partial charge in [0.1, 0.15) is 5.58 Å². The second-order valence-corrected chi connectivity index (χ2v) is 5.60. The molecular formula is C18H16ClNO2. The van der Waals surface area contributed by atoms with Gasteiger partial charge in [-0.2, -0.15) is 0 Å². The number of nitrogens with one attached hydrogen (secondary N) is 1. The standard InChI is InChI=1S/C18H16ClNO2/c19-15-7-5-13(6-8-15)11-18(21)20-10-9-14-12-22-17-4-2-1-3-16(14)17/h1-8,12H,9-11H2,(H,20,21). The predicted octanol–water partition coefficient (Wildman–Crippen LogP) is 3.99. The molecule has 0 bridgehead atoms. The monoisotopic (exact) mass is 313 g/mol. The van der Waals surface area contributed by atoms with E-state index in [0.717, 1.165) is 28.5 Å². The van der Waals surface area contributed by atoms with Crippen molar-refractivity contribution in [1.29, 1.82) is 0 Å². The third-order valence-electron chi connectivity index (χ3n) is 3.56. The second kappa shape index (κ2) is 6.67. The Labute approximate surface area is 133 Å². The van der Waals surface area contributed by atoms with E-state index in [4.69, 9.17) is 16.0 Å². The number of benzene rings is 2. The number of fused-ring (bicyclic) bond motifs is 1. The lowest BCUT2D eigenvalue weighted by Gasteiger charge is -2.05. The van der Waals surface area contributed by atoms with Gasteiger partial charge in [0.05, 0.1) is 12.7 Å². The first-order valence-corrected chi connectivity index (χ1v) is 7.56. The van der Waals surface area contributed by atoms with E-state index in [1.165, 1.54) is 0 Å². The molecule has 0 spiro atoms. The van der Waals surface area contributed by atoms with Crippen molar-refractivity contribution in [2.24, 2.45) is 0 Å². The van der Waals surface area contributed by atoms with Crippen molar-refractivity contribution < 1.29 is 9.21 Å². The molecule has 1 heterocycles. The van der Waals surface area contributed by atoms with Crippen LogP contribution < -0.4 is 5.32 Å². The summed E-state index contributed by atoms with van der Waals surface area (Å²) in [4.78, 5) is 11.9. The first-order valence-electron chi connectivity index (χ1n) is 7.18. The Morgan fingerprint density at radius 2 is 1.86 bits per heavy atom. The Balaban J connectivity index is 1.52. The van der Waals surface area contributed by atoms with Gasteiger partial charge in [0, 0.05) is 17.0 Å². The van der Waals surface area contributed by atoms with Gasteiger partial charge < -0.3 is 9.73 Å². The van der Waals surface area contributed by atoms with Crippen LogP contribution in [0.4, 0.5) is 0 Å². The summed E-state index contributed by atoms with van der Waals surface area (Å²) in [7, 11) is 0. The van der Waals surface area contributed by atoms with Crippen LogP contribution in [0.15, 0.2) is 59.2 Å². The Kier molecular flexibility index (Phi) is 4.45. The molecule has 0 saturated heterocycles. The number of hydrogen-bond donors (Lipinski definition) is 1. The Hall–Kier alpha value is -2.26. The topological polar surface area (TPSA) is 42.2 Å². The Morgan fingerprint density at radius 3 is 2.68 bits per heavy atom. The third-order valence-corrected chi connectivity index (χ3v) is 3.81. The molecule has 0 radical (unpaired) electrons. The molecule has 112 valence electrons. The lowest BCUT2D eigenvalue weighted by atomic mass is 10.1. The number of furan rings is 1. The number of rotatable bonds is 5. The van der Waals surface area contributed by atoms with Crippen LogP contribution >= 0.6 is 11.6 Å². The fourth-order valence-electron chi connectivity index (χ4n) is 2.41. The Bertz CT molecular complexity index is 777. The van der Waals surface area contributed by atoms with Gasteiger partial charge in [-0.1, -0.05) is 41.9 Å². The maximum atomic E-state index is 11.9. The van der Waals surface area contributed by atoms with E-state index in [1.54, 1.807) is 18.4 Å². The average Bonchev–Trinajstić information content (AvgIpc) is 2.93. The van der Waals surface area contributed by atoms with Crippen molar-refractivity contribution in [2.45, 2.75) is 12.8 Å².